The number of alkyl halides is 3. The SMILES string of the molecule is CC(C)CNCc1cccc(OC(F)(F)F)c1. The molecule has 1 N–H and O–H groups in total. The Balaban J connectivity index is 2.54. The highest BCUT2D eigenvalue weighted by molar-refractivity contribution is 5.28. The quantitative estimate of drug-likeness (QED) is 0.861. The average Bonchev–Trinajstić information content (AvgIpc) is 2.14. The molecule has 96 valence electrons. The minimum atomic E-state index is -4.63. The standard InChI is InChI=1S/C12H16F3NO/c1-9(2)7-16-8-10-4-3-5-11(6-10)17-12(13,14)15/h3-6,9,16H,7-8H2,1-2H3. The van der Waals surface area contributed by atoms with E-state index in [9.17, 15) is 13.2 Å². The van der Waals surface area contributed by atoms with Crippen LogP contribution < -0.4 is 10.1 Å². The van der Waals surface area contributed by atoms with Gasteiger partial charge < -0.3 is 10.1 Å². The van der Waals surface area contributed by atoms with E-state index in [1.807, 2.05) is 0 Å². The first-order chi connectivity index (χ1) is 7.87. The fraction of sp³-hybridized carbons (Fsp3) is 0.500. The fourth-order valence-corrected chi connectivity index (χ4v) is 1.36. The maximum atomic E-state index is 12.0. The molecule has 0 unspecified atom stereocenters. The van der Waals surface area contributed by atoms with E-state index < -0.39 is 6.36 Å². The third-order valence-corrected chi connectivity index (χ3v) is 2.01. The highest BCUT2D eigenvalue weighted by Crippen LogP contribution is 2.23. The first-order valence-corrected chi connectivity index (χ1v) is 5.42. The van der Waals surface area contributed by atoms with Crippen LogP contribution >= 0.6 is 0 Å². The number of halogens is 3. The molecule has 0 fully saturated rings. The van der Waals surface area contributed by atoms with Gasteiger partial charge in [0.1, 0.15) is 5.75 Å². The molecule has 2 nitrogen and oxygen atoms in total. The number of hydrogen-bond acceptors (Lipinski definition) is 2. The molecule has 0 aliphatic carbocycles. The summed E-state index contributed by atoms with van der Waals surface area (Å²) in [5.41, 5.74) is 0.771. The van der Waals surface area contributed by atoms with Crippen molar-refractivity contribution in [3.05, 3.63) is 29.8 Å². The van der Waals surface area contributed by atoms with E-state index in [1.165, 1.54) is 12.1 Å². The largest absolute Gasteiger partial charge is 0.573 e. The molecular weight excluding hydrogens is 231 g/mol. The normalized spacial score (nSPS) is 11.9. The second-order valence-electron chi connectivity index (χ2n) is 4.22. The molecule has 1 aromatic carbocycles. The van der Waals surface area contributed by atoms with Gasteiger partial charge in [-0.25, -0.2) is 0 Å². The second kappa shape index (κ2) is 5.91. The highest BCUT2D eigenvalue weighted by Gasteiger charge is 2.31. The first-order valence-electron chi connectivity index (χ1n) is 5.42. The van der Waals surface area contributed by atoms with Crippen LogP contribution in [0.4, 0.5) is 13.2 Å². The van der Waals surface area contributed by atoms with E-state index >= 15 is 0 Å². The Kier molecular flexibility index (Phi) is 4.81. The zero-order valence-electron chi connectivity index (χ0n) is 9.84. The van der Waals surface area contributed by atoms with Crippen molar-refractivity contribution in [1.82, 2.24) is 5.32 Å². The van der Waals surface area contributed by atoms with Gasteiger partial charge >= 0.3 is 6.36 Å². The van der Waals surface area contributed by atoms with E-state index in [0.29, 0.717) is 12.5 Å². The number of ether oxygens (including phenoxy) is 1. The Morgan fingerprint density at radius 2 is 2.00 bits per heavy atom. The van der Waals surface area contributed by atoms with Gasteiger partial charge in [-0.05, 0) is 30.2 Å². The Bertz CT molecular complexity index is 350. The van der Waals surface area contributed by atoms with Crippen molar-refractivity contribution in [2.24, 2.45) is 5.92 Å². The third-order valence-electron chi connectivity index (χ3n) is 2.01. The zero-order chi connectivity index (χ0) is 12.9. The minimum Gasteiger partial charge on any atom is -0.406 e. The van der Waals surface area contributed by atoms with E-state index in [0.717, 1.165) is 12.1 Å². The summed E-state index contributed by atoms with van der Waals surface area (Å²) in [6.07, 6.45) is -4.63. The molecule has 5 heteroatoms. The summed E-state index contributed by atoms with van der Waals surface area (Å²) in [6, 6.07) is 5.99. The maximum Gasteiger partial charge on any atom is 0.573 e. The molecule has 0 atom stereocenters. The molecule has 0 amide bonds. The predicted molar refractivity (Wildman–Crippen MR) is 59.7 cm³/mol. The van der Waals surface area contributed by atoms with Crippen LogP contribution in [0.5, 0.6) is 5.75 Å². The van der Waals surface area contributed by atoms with Gasteiger partial charge in [0.25, 0.3) is 0 Å². The van der Waals surface area contributed by atoms with Gasteiger partial charge in [-0.3, -0.25) is 0 Å². The molecule has 0 heterocycles. The van der Waals surface area contributed by atoms with Gasteiger partial charge in [0, 0.05) is 6.54 Å². The van der Waals surface area contributed by atoms with Crippen LogP contribution in [-0.4, -0.2) is 12.9 Å². The van der Waals surface area contributed by atoms with Crippen molar-refractivity contribution >= 4 is 0 Å². The van der Waals surface area contributed by atoms with E-state index in [2.05, 4.69) is 23.9 Å². The van der Waals surface area contributed by atoms with E-state index in [1.54, 1.807) is 12.1 Å². The summed E-state index contributed by atoms with van der Waals surface area (Å²) in [5.74, 6) is 0.325. The topological polar surface area (TPSA) is 21.3 Å². The summed E-state index contributed by atoms with van der Waals surface area (Å²) in [7, 11) is 0. The van der Waals surface area contributed by atoms with Crippen LogP contribution in [0.25, 0.3) is 0 Å². The summed E-state index contributed by atoms with van der Waals surface area (Å²) < 4.78 is 39.8. The van der Waals surface area contributed by atoms with Crippen molar-refractivity contribution in [2.75, 3.05) is 6.54 Å². The zero-order valence-corrected chi connectivity index (χ0v) is 9.84. The van der Waals surface area contributed by atoms with Gasteiger partial charge in [-0.15, -0.1) is 13.2 Å². The molecular formula is C12H16F3NO. The summed E-state index contributed by atoms with van der Waals surface area (Å²) >= 11 is 0. The molecule has 0 aromatic heterocycles. The minimum absolute atomic E-state index is 0.179. The lowest BCUT2D eigenvalue weighted by molar-refractivity contribution is -0.274. The molecule has 0 radical (unpaired) electrons. The van der Waals surface area contributed by atoms with Crippen LogP contribution in [0.1, 0.15) is 19.4 Å². The predicted octanol–water partition coefficient (Wildman–Crippen LogP) is 3.33. The average molecular weight is 247 g/mol. The van der Waals surface area contributed by atoms with Gasteiger partial charge in [-0.1, -0.05) is 26.0 Å². The summed E-state index contributed by atoms with van der Waals surface area (Å²) in [6.45, 7) is 5.49. The van der Waals surface area contributed by atoms with Crippen molar-refractivity contribution in [1.29, 1.82) is 0 Å². The number of nitrogens with one attached hydrogen (secondary N) is 1. The second-order valence-corrected chi connectivity index (χ2v) is 4.22. The lowest BCUT2D eigenvalue weighted by atomic mass is 10.2. The van der Waals surface area contributed by atoms with Gasteiger partial charge in [0.05, 0.1) is 0 Å². The molecule has 0 spiro atoms. The van der Waals surface area contributed by atoms with Crippen LogP contribution in [0, 0.1) is 5.92 Å². The molecule has 17 heavy (non-hydrogen) atoms. The first kappa shape index (κ1) is 13.8. The van der Waals surface area contributed by atoms with Crippen LogP contribution in [0.2, 0.25) is 0 Å². The Morgan fingerprint density at radius 1 is 1.29 bits per heavy atom. The number of hydrogen-bond donors (Lipinski definition) is 1. The summed E-state index contributed by atoms with van der Waals surface area (Å²) in [5, 5.41) is 3.15. The molecule has 0 saturated heterocycles. The number of rotatable bonds is 5. The molecule has 0 bridgehead atoms. The Morgan fingerprint density at radius 3 is 2.59 bits per heavy atom. The van der Waals surface area contributed by atoms with Crippen LogP contribution in [0.3, 0.4) is 0 Å². The summed E-state index contributed by atoms with van der Waals surface area (Å²) in [4.78, 5) is 0. The van der Waals surface area contributed by atoms with Crippen molar-refractivity contribution in [2.45, 2.75) is 26.8 Å². The van der Waals surface area contributed by atoms with Gasteiger partial charge in [0.2, 0.25) is 0 Å². The third kappa shape index (κ3) is 6.16. The van der Waals surface area contributed by atoms with E-state index in [4.69, 9.17) is 0 Å². The van der Waals surface area contributed by atoms with Crippen LogP contribution in [-0.2, 0) is 6.54 Å². The van der Waals surface area contributed by atoms with Crippen molar-refractivity contribution < 1.29 is 17.9 Å². The molecule has 0 saturated carbocycles. The molecule has 0 aliphatic rings. The number of benzene rings is 1. The molecule has 0 aliphatic heterocycles. The molecule has 1 rings (SSSR count). The monoisotopic (exact) mass is 247 g/mol. The smallest absolute Gasteiger partial charge is 0.406 e. The lowest BCUT2D eigenvalue weighted by Gasteiger charge is -2.11. The van der Waals surface area contributed by atoms with E-state index in [-0.39, 0.29) is 5.75 Å². The highest BCUT2D eigenvalue weighted by atomic mass is 19.4. The molecule has 1 aromatic rings. The van der Waals surface area contributed by atoms with Crippen molar-refractivity contribution in [3.63, 3.8) is 0 Å². The van der Waals surface area contributed by atoms with Crippen molar-refractivity contribution in [3.8, 4) is 5.75 Å². The lowest BCUT2D eigenvalue weighted by Crippen LogP contribution is -2.19. The maximum absolute atomic E-state index is 12.0. The fourth-order valence-electron chi connectivity index (χ4n) is 1.36. The van der Waals surface area contributed by atoms with Gasteiger partial charge in [0.15, 0.2) is 0 Å². The van der Waals surface area contributed by atoms with Crippen LogP contribution in [0.15, 0.2) is 24.3 Å². The van der Waals surface area contributed by atoms with Gasteiger partial charge in [-0.2, -0.15) is 0 Å². The Labute approximate surface area is 98.8 Å². The Hall–Kier alpha value is -1.23.